The van der Waals surface area contributed by atoms with Gasteiger partial charge in [-0.15, -0.1) is 23.1 Å². The smallest absolute Gasteiger partial charge is 0.311 e. The fraction of sp³-hybridized carbons (Fsp3) is 0.185. The topological polar surface area (TPSA) is 97.4 Å². The first-order valence-corrected chi connectivity index (χ1v) is 13.1. The number of carbonyl (C=O) groups excluding carboxylic acids is 3. The SMILES string of the molecule is CCOC(=O)Cc1csc(NC(=O)C(C)Sc2ccc(NC(=O)c3ccc4ccccc4c3)cc2)n1. The first-order chi connectivity index (χ1) is 17.4. The lowest BCUT2D eigenvalue weighted by Crippen LogP contribution is -2.22. The summed E-state index contributed by atoms with van der Waals surface area (Å²) >= 11 is 2.67. The summed E-state index contributed by atoms with van der Waals surface area (Å²) in [7, 11) is 0. The Morgan fingerprint density at radius 1 is 1.00 bits per heavy atom. The van der Waals surface area contributed by atoms with Gasteiger partial charge in [-0.05, 0) is 61.0 Å². The molecule has 1 heterocycles. The quantitative estimate of drug-likeness (QED) is 0.215. The summed E-state index contributed by atoms with van der Waals surface area (Å²) in [5, 5.41) is 9.60. The van der Waals surface area contributed by atoms with E-state index in [0.717, 1.165) is 15.7 Å². The Bertz CT molecular complexity index is 1390. The molecule has 1 atom stereocenters. The highest BCUT2D eigenvalue weighted by atomic mass is 32.2. The second kappa shape index (κ2) is 11.8. The van der Waals surface area contributed by atoms with Gasteiger partial charge >= 0.3 is 5.97 Å². The van der Waals surface area contributed by atoms with Crippen molar-refractivity contribution >= 4 is 62.5 Å². The maximum Gasteiger partial charge on any atom is 0.311 e. The van der Waals surface area contributed by atoms with Gasteiger partial charge in [0.25, 0.3) is 5.91 Å². The molecule has 0 bridgehead atoms. The van der Waals surface area contributed by atoms with E-state index >= 15 is 0 Å². The molecule has 0 saturated carbocycles. The molecule has 4 rings (SSSR count). The van der Waals surface area contributed by atoms with Crippen LogP contribution >= 0.6 is 23.1 Å². The van der Waals surface area contributed by atoms with Gasteiger partial charge in [-0.2, -0.15) is 0 Å². The third-order valence-corrected chi connectivity index (χ3v) is 7.14. The van der Waals surface area contributed by atoms with E-state index in [-0.39, 0.29) is 29.5 Å². The molecule has 3 aromatic carbocycles. The average Bonchev–Trinajstić information content (AvgIpc) is 3.31. The molecule has 0 radical (unpaired) electrons. The molecule has 0 saturated heterocycles. The Labute approximate surface area is 217 Å². The lowest BCUT2D eigenvalue weighted by Gasteiger charge is -2.11. The van der Waals surface area contributed by atoms with Crippen LogP contribution in [0.15, 0.2) is 77.0 Å². The minimum Gasteiger partial charge on any atom is -0.466 e. The van der Waals surface area contributed by atoms with E-state index in [0.29, 0.717) is 28.7 Å². The van der Waals surface area contributed by atoms with Crippen LogP contribution in [-0.4, -0.2) is 34.6 Å². The molecule has 0 aliphatic carbocycles. The number of nitrogens with zero attached hydrogens (tertiary/aromatic N) is 1. The predicted molar refractivity (Wildman–Crippen MR) is 145 cm³/mol. The zero-order chi connectivity index (χ0) is 25.5. The Morgan fingerprint density at radius 2 is 1.75 bits per heavy atom. The second-order valence-corrected chi connectivity index (χ2v) is 10.2. The number of hydrogen-bond donors (Lipinski definition) is 2. The molecule has 0 spiro atoms. The number of nitrogens with one attached hydrogen (secondary N) is 2. The van der Waals surface area contributed by atoms with Gasteiger partial charge in [0.1, 0.15) is 0 Å². The lowest BCUT2D eigenvalue weighted by molar-refractivity contribution is -0.142. The molecule has 184 valence electrons. The van der Waals surface area contributed by atoms with Crippen molar-refractivity contribution in [1.29, 1.82) is 0 Å². The molecule has 9 heteroatoms. The van der Waals surface area contributed by atoms with Gasteiger partial charge < -0.3 is 15.4 Å². The van der Waals surface area contributed by atoms with Crippen molar-refractivity contribution < 1.29 is 19.1 Å². The van der Waals surface area contributed by atoms with Crippen LogP contribution in [0.3, 0.4) is 0 Å². The van der Waals surface area contributed by atoms with E-state index < -0.39 is 0 Å². The van der Waals surface area contributed by atoms with E-state index in [9.17, 15) is 14.4 Å². The standard InChI is InChI=1S/C27H25N3O4S2/c1-3-34-24(31)15-22-16-35-27(29-22)30-25(32)17(2)36-23-12-10-21(11-13-23)28-26(33)20-9-8-18-6-4-5-7-19(18)14-20/h4-14,16-17H,3,15H2,1-2H3,(H,28,33)(H,29,30,32). The Kier molecular flexibility index (Phi) is 8.35. The molecule has 2 N–H and O–H groups in total. The van der Waals surface area contributed by atoms with Gasteiger partial charge in [0.2, 0.25) is 5.91 Å². The van der Waals surface area contributed by atoms with Crippen LogP contribution in [0.4, 0.5) is 10.8 Å². The van der Waals surface area contributed by atoms with Crippen molar-refractivity contribution in [1.82, 2.24) is 4.98 Å². The van der Waals surface area contributed by atoms with Crippen LogP contribution in [0.25, 0.3) is 10.8 Å². The van der Waals surface area contributed by atoms with Crippen LogP contribution in [0.2, 0.25) is 0 Å². The van der Waals surface area contributed by atoms with Crippen LogP contribution in [-0.2, 0) is 20.7 Å². The van der Waals surface area contributed by atoms with Crippen molar-refractivity contribution in [2.24, 2.45) is 0 Å². The predicted octanol–water partition coefficient (Wildman–Crippen LogP) is 5.77. The minimum atomic E-state index is -0.375. The number of thiazole rings is 1. The average molecular weight is 520 g/mol. The summed E-state index contributed by atoms with van der Waals surface area (Å²) in [5.74, 6) is -0.716. The van der Waals surface area contributed by atoms with Gasteiger partial charge in [-0.25, -0.2) is 4.98 Å². The van der Waals surface area contributed by atoms with E-state index in [4.69, 9.17) is 4.74 Å². The summed E-state index contributed by atoms with van der Waals surface area (Å²) in [5.41, 5.74) is 1.83. The van der Waals surface area contributed by atoms with Gasteiger partial charge in [0.15, 0.2) is 5.13 Å². The maximum atomic E-state index is 12.7. The van der Waals surface area contributed by atoms with Gasteiger partial charge in [0, 0.05) is 21.5 Å². The van der Waals surface area contributed by atoms with Crippen molar-refractivity contribution in [2.45, 2.75) is 30.4 Å². The number of thioether (sulfide) groups is 1. The molecule has 36 heavy (non-hydrogen) atoms. The third kappa shape index (κ3) is 6.71. The van der Waals surface area contributed by atoms with Crippen LogP contribution in [0.5, 0.6) is 0 Å². The van der Waals surface area contributed by atoms with Crippen molar-refractivity contribution in [3.05, 3.63) is 83.4 Å². The maximum absolute atomic E-state index is 12.7. The zero-order valence-corrected chi connectivity index (χ0v) is 21.4. The number of hydrogen-bond acceptors (Lipinski definition) is 7. The number of rotatable bonds is 9. The lowest BCUT2D eigenvalue weighted by atomic mass is 10.1. The molecule has 4 aromatic rings. The number of fused-ring (bicyclic) bond motifs is 1. The fourth-order valence-corrected chi connectivity index (χ4v) is 5.00. The van der Waals surface area contributed by atoms with E-state index in [2.05, 4.69) is 15.6 Å². The number of anilines is 2. The van der Waals surface area contributed by atoms with Gasteiger partial charge in [-0.1, -0.05) is 30.3 Å². The summed E-state index contributed by atoms with van der Waals surface area (Å²) in [4.78, 5) is 42.0. The summed E-state index contributed by atoms with van der Waals surface area (Å²) in [6.45, 7) is 3.88. The molecular weight excluding hydrogens is 494 g/mol. The molecule has 2 amide bonds. The monoisotopic (exact) mass is 519 g/mol. The summed E-state index contributed by atoms with van der Waals surface area (Å²) in [6, 6.07) is 20.9. The summed E-state index contributed by atoms with van der Waals surface area (Å²) < 4.78 is 4.92. The number of carbonyl (C=O) groups is 3. The Morgan fingerprint density at radius 3 is 2.50 bits per heavy atom. The van der Waals surface area contributed by atoms with Crippen molar-refractivity contribution in [3.8, 4) is 0 Å². The highest BCUT2D eigenvalue weighted by Crippen LogP contribution is 2.27. The Balaban J connectivity index is 1.30. The van der Waals surface area contributed by atoms with E-state index in [1.807, 2.05) is 73.7 Å². The first kappa shape index (κ1) is 25.4. The minimum absolute atomic E-state index is 0.0776. The van der Waals surface area contributed by atoms with E-state index in [1.165, 1.54) is 23.1 Å². The van der Waals surface area contributed by atoms with Crippen LogP contribution in [0.1, 0.15) is 29.9 Å². The highest BCUT2D eigenvalue weighted by molar-refractivity contribution is 8.00. The third-order valence-electron chi connectivity index (χ3n) is 5.22. The van der Waals surface area contributed by atoms with Gasteiger partial charge in [-0.3, -0.25) is 14.4 Å². The molecule has 1 aromatic heterocycles. The largest absolute Gasteiger partial charge is 0.466 e. The molecular formula is C27H25N3O4S2. The number of aromatic nitrogens is 1. The number of amides is 2. The molecule has 7 nitrogen and oxygen atoms in total. The number of ether oxygens (including phenoxy) is 1. The van der Waals surface area contributed by atoms with Gasteiger partial charge in [0.05, 0.1) is 24.0 Å². The van der Waals surface area contributed by atoms with Crippen LogP contribution < -0.4 is 10.6 Å². The van der Waals surface area contributed by atoms with Crippen molar-refractivity contribution in [3.63, 3.8) is 0 Å². The molecule has 0 aliphatic heterocycles. The Hall–Kier alpha value is -3.69. The number of benzene rings is 3. The first-order valence-electron chi connectivity index (χ1n) is 11.4. The number of esters is 1. The zero-order valence-electron chi connectivity index (χ0n) is 19.8. The summed E-state index contributed by atoms with van der Waals surface area (Å²) in [6.07, 6.45) is 0.0776. The molecule has 0 fully saturated rings. The molecule has 1 unspecified atom stereocenters. The second-order valence-electron chi connectivity index (χ2n) is 7.92. The van der Waals surface area contributed by atoms with E-state index in [1.54, 1.807) is 12.3 Å². The van der Waals surface area contributed by atoms with Crippen molar-refractivity contribution in [2.75, 3.05) is 17.2 Å². The highest BCUT2D eigenvalue weighted by Gasteiger charge is 2.17. The fourth-order valence-electron chi connectivity index (χ4n) is 3.42. The normalized spacial score (nSPS) is 11.6. The molecule has 0 aliphatic rings. The van der Waals surface area contributed by atoms with Crippen LogP contribution in [0, 0.1) is 0 Å².